The topological polar surface area (TPSA) is 61.8 Å². The highest BCUT2D eigenvalue weighted by molar-refractivity contribution is 7.87. The van der Waals surface area contributed by atoms with Crippen LogP contribution in [0.25, 0.3) is 0 Å². The van der Waals surface area contributed by atoms with Gasteiger partial charge in [-0.1, -0.05) is 0 Å². The van der Waals surface area contributed by atoms with E-state index in [9.17, 15) is 8.42 Å². The first kappa shape index (κ1) is 8.76. The average Bonchev–Trinajstić information content (AvgIpc) is 1.81. The molecule has 7 heteroatoms. The predicted molar refractivity (Wildman–Crippen MR) is 42.6 cm³/mol. The van der Waals surface area contributed by atoms with Crippen molar-refractivity contribution < 1.29 is 8.42 Å². The van der Waals surface area contributed by atoms with Gasteiger partial charge in [0.15, 0.2) is 0 Å². The minimum atomic E-state index is -3.44. The first-order chi connectivity index (χ1) is 4.93. The lowest BCUT2D eigenvalue weighted by Gasteiger charge is -2.24. The van der Waals surface area contributed by atoms with Crippen molar-refractivity contribution in [3.8, 4) is 0 Å². The van der Waals surface area contributed by atoms with Crippen molar-refractivity contribution in [2.45, 2.75) is 13.1 Å². The Hall–Kier alpha value is -0.330. The van der Waals surface area contributed by atoms with E-state index in [1.807, 2.05) is 0 Å². The van der Waals surface area contributed by atoms with Crippen LogP contribution in [0.1, 0.15) is 6.92 Å². The fraction of sp³-hybridized carbons (Fsp3) is 0.750. The number of nitrogens with zero attached hydrogens (tertiary/aromatic N) is 2. The number of hydrogen-bond donors (Lipinski definition) is 1. The molecule has 0 fully saturated rings. The Kier molecular flexibility index (Phi) is 2.08. The van der Waals surface area contributed by atoms with Crippen molar-refractivity contribution in [1.29, 1.82) is 0 Å². The molecule has 0 radical (unpaired) electrons. The van der Waals surface area contributed by atoms with E-state index in [0.29, 0.717) is 0 Å². The number of hydrogen-bond acceptors (Lipinski definition) is 3. The normalized spacial score (nSPS) is 29.9. The van der Waals surface area contributed by atoms with Crippen LogP contribution in [0.2, 0.25) is 0 Å². The SMILES string of the molecule is CC1N=C(Cl)N(C)S(=O)(=O)N1. The lowest BCUT2D eigenvalue weighted by atomic mass is 10.6. The maximum atomic E-state index is 11.1. The first-order valence-electron chi connectivity index (χ1n) is 2.93. The minimum absolute atomic E-state index is 0.0174. The standard InChI is InChI=1S/C4H8ClN3O2S/c1-3-6-4(5)8(2)11(9,10)7-3/h3,7H,1-2H3. The molecular formula is C4H8ClN3O2S. The second-order valence-corrected chi connectivity index (χ2v) is 4.24. The quantitative estimate of drug-likeness (QED) is 0.543. The van der Waals surface area contributed by atoms with Gasteiger partial charge >= 0.3 is 10.2 Å². The van der Waals surface area contributed by atoms with Gasteiger partial charge in [-0.3, -0.25) is 0 Å². The van der Waals surface area contributed by atoms with Gasteiger partial charge < -0.3 is 0 Å². The number of amidine groups is 1. The molecule has 0 spiro atoms. The second-order valence-electron chi connectivity index (χ2n) is 2.16. The van der Waals surface area contributed by atoms with E-state index in [4.69, 9.17) is 11.6 Å². The fourth-order valence-corrected chi connectivity index (χ4v) is 1.97. The molecule has 0 saturated carbocycles. The number of halogens is 1. The van der Waals surface area contributed by atoms with E-state index in [2.05, 4.69) is 9.71 Å². The molecule has 64 valence electrons. The van der Waals surface area contributed by atoms with Crippen LogP contribution in [0.5, 0.6) is 0 Å². The molecule has 1 unspecified atom stereocenters. The van der Waals surface area contributed by atoms with Crippen LogP contribution in [-0.2, 0) is 10.2 Å². The highest BCUT2D eigenvalue weighted by Gasteiger charge is 2.26. The molecule has 0 aromatic heterocycles. The van der Waals surface area contributed by atoms with Crippen molar-refractivity contribution in [3.63, 3.8) is 0 Å². The van der Waals surface area contributed by atoms with Crippen molar-refractivity contribution in [2.24, 2.45) is 4.99 Å². The predicted octanol–water partition coefficient (Wildman–Crippen LogP) is -0.293. The Morgan fingerprint density at radius 2 is 2.27 bits per heavy atom. The molecule has 0 aromatic carbocycles. The summed E-state index contributed by atoms with van der Waals surface area (Å²) in [5, 5.41) is -0.0174. The van der Waals surface area contributed by atoms with Gasteiger partial charge in [0.2, 0.25) is 5.29 Å². The number of aliphatic imine (C=N–C) groups is 1. The van der Waals surface area contributed by atoms with Gasteiger partial charge in [0.25, 0.3) is 0 Å². The summed E-state index contributed by atoms with van der Waals surface area (Å²) in [6, 6.07) is 0. The van der Waals surface area contributed by atoms with Gasteiger partial charge in [-0.25, -0.2) is 9.30 Å². The molecular weight excluding hydrogens is 190 g/mol. The zero-order valence-corrected chi connectivity index (χ0v) is 7.65. The first-order valence-corrected chi connectivity index (χ1v) is 4.75. The largest absolute Gasteiger partial charge is 0.304 e. The third-order valence-electron chi connectivity index (χ3n) is 1.24. The summed E-state index contributed by atoms with van der Waals surface area (Å²) < 4.78 is 25.2. The van der Waals surface area contributed by atoms with Gasteiger partial charge in [-0.15, -0.1) is 0 Å². The molecule has 0 aromatic rings. The van der Waals surface area contributed by atoms with Crippen molar-refractivity contribution in [2.75, 3.05) is 7.05 Å². The van der Waals surface area contributed by atoms with Crippen molar-refractivity contribution in [3.05, 3.63) is 0 Å². The summed E-state index contributed by atoms with van der Waals surface area (Å²) in [6.07, 6.45) is -0.483. The molecule has 5 nitrogen and oxygen atoms in total. The van der Waals surface area contributed by atoms with Gasteiger partial charge in [-0.05, 0) is 18.5 Å². The van der Waals surface area contributed by atoms with Gasteiger partial charge in [0, 0.05) is 7.05 Å². The summed E-state index contributed by atoms with van der Waals surface area (Å²) in [5.41, 5.74) is 0. The van der Waals surface area contributed by atoms with Crippen molar-refractivity contribution in [1.82, 2.24) is 9.03 Å². The van der Waals surface area contributed by atoms with Crippen LogP contribution < -0.4 is 4.72 Å². The Morgan fingerprint density at radius 1 is 1.73 bits per heavy atom. The highest BCUT2D eigenvalue weighted by atomic mass is 35.5. The van der Waals surface area contributed by atoms with Crippen LogP contribution in [0.3, 0.4) is 0 Å². The van der Waals surface area contributed by atoms with E-state index >= 15 is 0 Å². The summed E-state index contributed by atoms with van der Waals surface area (Å²) in [5.74, 6) is 0. The molecule has 1 heterocycles. The molecule has 1 aliphatic rings. The summed E-state index contributed by atoms with van der Waals surface area (Å²) in [7, 11) is -2.11. The van der Waals surface area contributed by atoms with Gasteiger partial charge in [0.1, 0.15) is 6.17 Å². The molecule has 1 N–H and O–H groups in total. The zero-order chi connectivity index (χ0) is 8.65. The number of rotatable bonds is 0. The molecule has 0 amide bonds. The molecule has 0 bridgehead atoms. The second kappa shape index (κ2) is 2.62. The molecule has 0 saturated heterocycles. The van der Waals surface area contributed by atoms with Crippen LogP contribution >= 0.6 is 11.6 Å². The van der Waals surface area contributed by atoms with E-state index in [-0.39, 0.29) is 5.29 Å². The van der Waals surface area contributed by atoms with E-state index in [0.717, 1.165) is 4.31 Å². The average molecular weight is 198 g/mol. The summed E-state index contributed by atoms with van der Waals surface area (Å²) >= 11 is 5.50. The van der Waals surface area contributed by atoms with E-state index < -0.39 is 16.4 Å². The Bertz CT molecular complexity index is 286. The van der Waals surface area contributed by atoms with Gasteiger partial charge in [-0.2, -0.15) is 13.1 Å². The molecule has 0 aliphatic carbocycles. The molecule has 11 heavy (non-hydrogen) atoms. The molecule has 1 aliphatic heterocycles. The Morgan fingerprint density at radius 3 is 2.73 bits per heavy atom. The summed E-state index contributed by atoms with van der Waals surface area (Å²) in [6.45, 7) is 1.60. The van der Waals surface area contributed by atoms with E-state index in [1.54, 1.807) is 6.92 Å². The van der Waals surface area contributed by atoms with Crippen molar-refractivity contribution >= 4 is 27.1 Å². The smallest absolute Gasteiger partial charge is 0.237 e. The monoisotopic (exact) mass is 197 g/mol. The highest BCUT2D eigenvalue weighted by Crippen LogP contribution is 2.08. The Balaban J connectivity index is 3.06. The fourth-order valence-electron chi connectivity index (χ4n) is 0.661. The van der Waals surface area contributed by atoms with Crippen LogP contribution in [0.15, 0.2) is 4.99 Å². The number of nitrogens with one attached hydrogen (secondary N) is 1. The third-order valence-corrected chi connectivity index (χ3v) is 3.22. The third kappa shape index (κ3) is 1.63. The lowest BCUT2D eigenvalue weighted by Crippen LogP contribution is -2.48. The van der Waals surface area contributed by atoms with Gasteiger partial charge in [0.05, 0.1) is 0 Å². The van der Waals surface area contributed by atoms with Crippen LogP contribution in [0.4, 0.5) is 0 Å². The van der Waals surface area contributed by atoms with Crippen LogP contribution in [-0.4, -0.2) is 31.2 Å². The zero-order valence-electron chi connectivity index (χ0n) is 6.07. The maximum absolute atomic E-state index is 11.1. The minimum Gasteiger partial charge on any atom is -0.237 e. The lowest BCUT2D eigenvalue weighted by molar-refractivity contribution is 0.509. The molecule has 1 rings (SSSR count). The maximum Gasteiger partial charge on any atom is 0.304 e. The molecule has 1 atom stereocenters. The van der Waals surface area contributed by atoms with Crippen LogP contribution in [0, 0.1) is 0 Å². The Labute approximate surface area is 70.2 Å². The summed E-state index contributed by atoms with van der Waals surface area (Å²) in [4.78, 5) is 3.78. The van der Waals surface area contributed by atoms with E-state index in [1.165, 1.54) is 7.05 Å².